The van der Waals surface area contributed by atoms with Crippen LogP contribution in [0.25, 0.3) is 0 Å². The molecule has 6 heteroatoms. The fourth-order valence-corrected chi connectivity index (χ4v) is 2.02. The number of hydrogen-bond acceptors (Lipinski definition) is 4. The Morgan fingerprint density at radius 3 is 2.65 bits per heavy atom. The van der Waals surface area contributed by atoms with Crippen molar-refractivity contribution in [1.29, 1.82) is 0 Å². The van der Waals surface area contributed by atoms with E-state index in [4.69, 9.17) is 27.9 Å². The van der Waals surface area contributed by atoms with Crippen LogP contribution in [0.4, 0.5) is 0 Å². The summed E-state index contributed by atoms with van der Waals surface area (Å²) >= 11 is 13.2. The van der Waals surface area contributed by atoms with Gasteiger partial charge < -0.3 is 4.74 Å². The van der Waals surface area contributed by atoms with Gasteiger partial charge in [0.15, 0.2) is 16.1 Å². The lowest BCUT2D eigenvalue weighted by Gasteiger charge is -2.09. The first-order chi connectivity index (χ1) is 8.20. The fourth-order valence-electron chi connectivity index (χ4n) is 1.23. The standard InChI is InChI=1S/C11H8Cl2N2OS/c1-17-9-5-3-2-4-7(9)16-8-6-10(12)14-15-11(8)13/h2-6H,1H3. The molecule has 0 radical (unpaired) electrons. The minimum absolute atomic E-state index is 0.185. The zero-order valence-electron chi connectivity index (χ0n) is 8.85. The second kappa shape index (κ2) is 5.58. The van der Waals surface area contributed by atoms with Crippen molar-refractivity contribution in [2.45, 2.75) is 4.90 Å². The number of para-hydroxylation sites is 1. The van der Waals surface area contributed by atoms with E-state index in [0.29, 0.717) is 11.5 Å². The fraction of sp³-hybridized carbons (Fsp3) is 0.0909. The number of rotatable bonds is 3. The van der Waals surface area contributed by atoms with E-state index in [1.165, 1.54) is 6.07 Å². The van der Waals surface area contributed by atoms with E-state index in [9.17, 15) is 0 Å². The van der Waals surface area contributed by atoms with Gasteiger partial charge in [-0.2, -0.15) is 0 Å². The molecule has 2 aromatic rings. The highest BCUT2D eigenvalue weighted by Gasteiger charge is 2.09. The normalized spacial score (nSPS) is 10.3. The van der Waals surface area contributed by atoms with Gasteiger partial charge in [-0.1, -0.05) is 35.3 Å². The minimum Gasteiger partial charge on any atom is -0.453 e. The highest BCUT2D eigenvalue weighted by molar-refractivity contribution is 7.98. The van der Waals surface area contributed by atoms with Gasteiger partial charge in [0.05, 0.1) is 0 Å². The average molecular weight is 287 g/mol. The smallest absolute Gasteiger partial charge is 0.194 e. The van der Waals surface area contributed by atoms with Gasteiger partial charge in [0.1, 0.15) is 5.75 Å². The molecule has 0 saturated carbocycles. The van der Waals surface area contributed by atoms with E-state index in [2.05, 4.69) is 10.2 Å². The molecule has 1 aromatic heterocycles. The van der Waals surface area contributed by atoms with E-state index in [-0.39, 0.29) is 10.3 Å². The zero-order chi connectivity index (χ0) is 12.3. The summed E-state index contributed by atoms with van der Waals surface area (Å²) in [5.41, 5.74) is 0. The van der Waals surface area contributed by atoms with E-state index >= 15 is 0 Å². The summed E-state index contributed by atoms with van der Waals surface area (Å²) in [7, 11) is 0. The molecule has 3 nitrogen and oxygen atoms in total. The molecule has 17 heavy (non-hydrogen) atoms. The summed E-state index contributed by atoms with van der Waals surface area (Å²) in [6.45, 7) is 0. The van der Waals surface area contributed by atoms with Crippen LogP contribution < -0.4 is 4.74 Å². The van der Waals surface area contributed by atoms with Crippen molar-refractivity contribution in [1.82, 2.24) is 10.2 Å². The van der Waals surface area contributed by atoms with Crippen LogP contribution >= 0.6 is 35.0 Å². The van der Waals surface area contributed by atoms with Gasteiger partial charge in [-0.05, 0) is 18.4 Å². The second-order valence-electron chi connectivity index (χ2n) is 3.08. The van der Waals surface area contributed by atoms with Crippen molar-refractivity contribution in [3.63, 3.8) is 0 Å². The van der Waals surface area contributed by atoms with E-state index in [0.717, 1.165) is 4.90 Å². The molecule has 88 valence electrons. The highest BCUT2D eigenvalue weighted by Crippen LogP contribution is 2.34. The maximum atomic E-state index is 5.88. The van der Waals surface area contributed by atoms with Crippen LogP contribution in [0.1, 0.15) is 0 Å². The molecule has 0 spiro atoms. The molecule has 0 atom stereocenters. The molecule has 0 saturated heterocycles. The third-order valence-corrected chi connectivity index (χ3v) is 3.20. The molecule has 0 N–H and O–H groups in total. The molecule has 0 unspecified atom stereocenters. The molecule has 0 bridgehead atoms. The van der Waals surface area contributed by atoms with Crippen molar-refractivity contribution >= 4 is 35.0 Å². The van der Waals surface area contributed by atoms with Crippen molar-refractivity contribution in [2.75, 3.05) is 6.26 Å². The molecule has 0 amide bonds. The van der Waals surface area contributed by atoms with Crippen LogP contribution in [-0.4, -0.2) is 16.5 Å². The summed E-state index contributed by atoms with van der Waals surface area (Å²) < 4.78 is 5.67. The summed E-state index contributed by atoms with van der Waals surface area (Å²) in [5.74, 6) is 1.11. The first-order valence-electron chi connectivity index (χ1n) is 4.70. The van der Waals surface area contributed by atoms with Crippen molar-refractivity contribution in [3.8, 4) is 11.5 Å². The molecular weight excluding hydrogens is 279 g/mol. The van der Waals surface area contributed by atoms with Crippen molar-refractivity contribution in [2.24, 2.45) is 0 Å². The number of ether oxygens (including phenoxy) is 1. The maximum Gasteiger partial charge on any atom is 0.194 e. The number of hydrogen-bond donors (Lipinski definition) is 0. The lowest BCUT2D eigenvalue weighted by atomic mass is 10.3. The molecule has 0 aliphatic carbocycles. The maximum absolute atomic E-state index is 5.88. The lowest BCUT2D eigenvalue weighted by molar-refractivity contribution is 0.467. The van der Waals surface area contributed by atoms with Gasteiger partial charge in [-0.15, -0.1) is 22.0 Å². The Morgan fingerprint density at radius 1 is 1.12 bits per heavy atom. The SMILES string of the molecule is CSc1ccccc1Oc1cc(Cl)nnc1Cl. The number of thioether (sulfide) groups is 1. The first-order valence-corrected chi connectivity index (χ1v) is 6.68. The zero-order valence-corrected chi connectivity index (χ0v) is 11.2. The summed E-state index contributed by atoms with van der Waals surface area (Å²) in [4.78, 5) is 1.01. The van der Waals surface area contributed by atoms with Crippen LogP contribution in [0.5, 0.6) is 11.5 Å². The van der Waals surface area contributed by atoms with Crippen molar-refractivity contribution < 1.29 is 4.74 Å². The monoisotopic (exact) mass is 286 g/mol. The number of nitrogens with zero attached hydrogens (tertiary/aromatic N) is 2. The van der Waals surface area contributed by atoms with Crippen LogP contribution in [0.15, 0.2) is 35.2 Å². The van der Waals surface area contributed by atoms with Crippen LogP contribution in [0.2, 0.25) is 10.3 Å². The van der Waals surface area contributed by atoms with Crippen molar-refractivity contribution in [3.05, 3.63) is 40.6 Å². The Labute approximate surface area is 113 Å². The summed E-state index contributed by atoms with van der Waals surface area (Å²) in [5, 5.41) is 7.73. The van der Waals surface area contributed by atoms with Crippen LogP contribution in [0, 0.1) is 0 Å². The number of benzene rings is 1. The van der Waals surface area contributed by atoms with Gasteiger partial charge in [0, 0.05) is 11.0 Å². The van der Waals surface area contributed by atoms with Gasteiger partial charge >= 0.3 is 0 Å². The molecule has 0 fully saturated rings. The summed E-state index contributed by atoms with van der Waals surface area (Å²) in [6.07, 6.45) is 1.97. The van der Waals surface area contributed by atoms with Gasteiger partial charge in [-0.25, -0.2) is 0 Å². The quantitative estimate of drug-likeness (QED) is 0.788. The second-order valence-corrected chi connectivity index (χ2v) is 4.67. The average Bonchev–Trinajstić information content (AvgIpc) is 2.34. The molecule has 0 aliphatic rings. The lowest BCUT2D eigenvalue weighted by Crippen LogP contribution is -1.91. The molecule has 1 aromatic carbocycles. The Kier molecular flexibility index (Phi) is 4.10. The van der Waals surface area contributed by atoms with Crippen LogP contribution in [-0.2, 0) is 0 Å². The summed E-state index contributed by atoms with van der Waals surface area (Å²) in [6, 6.07) is 9.19. The topological polar surface area (TPSA) is 35.0 Å². The highest BCUT2D eigenvalue weighted by atomic mass is 35.5. The van der Waals surface area contributed by atoms with E-state index < -0.39 is 0 Å². The third kappa shape index (κ3) is 3.03. The first kappa shape index (κ1) is 12.5. The third-order valence-electron chi connectivity index (χ3n) is 1.98. The Morgan fingerprint density at radius 2 is 1.88 bits per heavy atom. The number of aromatic nitrogens is 2. The Balaban J connectivity index is 2.34. The Bertz CT molecular complexity index is 537. The molecule has 0 aliphatic heterocycles. The predicted octanol–water partition coefficient (Wildman–Crippen LogP) is 4.30. The van der Waals surface area contributed by atoms with Gasteiger partial charge in [-0.3, -0.25) is 0 Å². The van der Waals surface area contributed by atoms with Gasteiger partial charge in [0.2, 0.25) is 0 Å². The van der Waals surface area contributed by atoms with Gasteiger partial charge in [0.25, 0.3) is 0 Å². The number of halogens is 2. The molecule has 1 heterocycles. The molecule has 2 rings (SSSR count). The largest absolute Gasteiger partial charge is 0.453 e. The van der Waals surface area contributed by atoms with E-state index in [1.54, 1.807) is 11.8 Å². The minimum atomic E-state index is 0.185. The predicted molar refractivity (Wildman–Crippen MR) is 70.3 cm³/mol. The Hall–Kier alpha value is -0.970. The molecular formula is C11H8Cl2N2OS. The van der Waals surface area contributed by atoms with Crippen LogP contribution in [0.3, 0.4) is 0 Å². The van der Waals surface area contributed by atoms with E-state index in [1.807, 2.05) is 30.5 Å².